The van der Waals surface area contributed by atoms with Crippen LogP contribution < -0.4 is 16.2 Å². The lowest BCUT2D eigenvalue weighted by Gasteiger charge is -2.61. The SMILES string of the molecule is Cn1ccc2c([C@H](Nc3cc(C#N)c4nnc(C#N)c(N[C@@H]5CCOCC5(C)C)c4c3)c3cn(C45CC(C4)C5)nn3)cccc2c1=O. The van der Waals surface area contributed by atoms with Gasteiger partial charge < -0.3 is 19.9 Å². The van der Waals surface area contributed by atoms with E-state index in [0.29, 0.717) is 52.1 Å². The summed E-state index contributed by atoms with van der Waals surface area (Å²) in [5.41, 5.74) is 3.38. The molecule has 0 unspecified atom stereocenters. The zero-order chi connectivity index (χ0) is 32.5. The summed E-state index contributed by atoms with van der Waals surface area (Å²) in [6.07, 6.45) is 7.90. The highest BCUT2D eigenvalue weighted by Crippen LogP contribution is 2.62. The van der Waals surface area contributed by atoms with Gasteiger partial charge in [0.05, 0.1) is 35.6 Å². The van der Waals surface area contributed by atoms with Crippen LogP contribution in [0.5, 0.6) is 0 Å². The highest BCUT2D eigenvalue weighted by molar-refractivity contribution is 5.98. The molecule has 2 bridgehead atoms. The van der Waals surface area contributed by atoms with Gasteiger partial charge in [-0.25, -0.2) is 4.68 Å². The number of hydrogen-bond donors (Lipinski definition) is 2. The van der Waals surface area contributed by atoms with E-state index in [1.807, 2.05) is 41.2 Å². The fourth-order valence-corrected chi connectivity index (χ4v) is 7.56. The van der Waals surface area contributed by atoms with Crippen LogP contribution in [0.4, 0.5) is 11.4 Å². The summed E-state index contributed by atoms with van der Waals surface area (Å²) in [4.78, 5) is 13.1. The van der Waals surface area contributed by atoms with E-state index in [-0.39, 0.29) is 28.2 Å². The zero-order valence-corrected chi connectivity index (χ0v) is 26.5. The minimum absolute atomic E-state index is 0.0102. The first kappa shape index (κ1) is 29.1. The van der Waals surface area contributed by atoms with Crippen molar-refractivity contribution < 1.29 is 4.74 Å². The van der Waals surface area contributed by atoms with Gasteiger partial charge in [0.15, 0.2) is 5.69 Å². The molecule has 5 aromatic rings. The smallest absolute Gasteiger partial charge is 0.258 e. The second-order valence-electron chi connectivity index (χ2n) is 14.0. The van der Waals surface area contributed by atoms with Gasteiger partial charge in [-0.1, -0.05) is 31.2 Å². The topological polar surface area (TPSA) is 159 Å². The lowest BCUT2D eigenvalue weighted by atomic mass is 9.50. The molecule has 47 heavy (non-hydrogen) atoms. The molecule has 1 aliphatic heterocycles. The molecule has 0 spiro atoms. The van der Waals surface area contributed by atoms with Crippen molar-refractivity contribution in [1.82, 2.24) is 29.8 Å². The lowest BCUT2D eigenvalue weighted by molar-refractivity contribution is -0.0989. The molecule has 1 saturated heterocycles. The lowest BCUT2D eigenvalue weighted by Crippen LogP contribution is -2.59. The predicted molar refractivity (Wildman–Crippen MR) is 176 cm³/mol. The number of ether oxygens (including phenoxy) is 1. The van der Waals surface area contributed by atoms with Crippen LogP contribution in [0, 0.1) is 34.0 Å². The van der Waals surface area contributed by atoms with Crippen LogP contribution in [0.1, 0.15) is 68.1 Å². The fraction of sp³-hybridized carbons (Fsp3) is 0.400. The van der Waals surface area contributed by atoms with Crippen LogP contribution in [0.3, 0.4) is 0 Å². The predicted octanol–water partition coefficient (Wildman–Crippen LogP) is 4.75. The molecule has 9 rings (SSSR count). The number of nitrogens with zero attached hydrogens (tertiary/aromatic N) is 8. The monoisotopic (exact) mass is 626 g/mol. The Kier molecular flexibility index (Phi) is 6.57. The van der Waals surface area contributed by atoms with E-state index in [9.17, 15) is 15.3 Å². The molecule has 12 nitrogen and oxygen atoms in total. The number of benzene rings is 2. The standard InChI is InChI=1S/C35H34N10O2/c1-34(2)19-47-10-8-29(34)39-32-26-12-22(11-21(16-36)30(26)42-40-27(32)17-37)38-31(28-18-45(43-41-28)35-13-20(14-35)15-35)24-5-4-6-25-23(24)7-9-44(3)33(25)46/h4-7,9,11-12,18,20,29,31,38H,8,10,13-15,19H2,1-3H3,(H,39,42)/t20?,29-,31+,35?/m1/s1. The van der Waals surface area contributed by atoms with Crippen molar-refractivity contribution in [2.24, 2.45) is 18.4 Å². The minimum Gasteiger partial charge on any atom is -0.381 e. The average Bonchev–Trinajstić information content (AvgIpc) is 3.50. The molecule has 0 radical (unpaired) electrons. The molecule has 4 fully saturated rings. The molecule has 2 aromatic carbocycles. The number of fused-ring (bicyclic) bond motifs is 2. The van der Waals surface area contributed by atoms with E-state index in [4.69, 9.17) is 4.74 Å². The number of aromatic nitrogens is 6. The van der Waals surface area contributed by atoms with Crippen LogP contribution in [0.15, 0.2) is 53.6 Å². The van der Waals surface area contributed by atoms with Crippen LogP contribution in [0.25, 0.3) is 21.7 Å². The number of nitriles is 2. The first-order valence-corrected chi connectivity index (χ1v) is 16.0. The highest BCUT2D eigenvalue weighted by Gasteiger charge is 2.59. The summed E-state index contributed by atoms with van der Waals surface area (Å²) >= 11 is 0. The Morgan fingerprint density at radius 3 is 2.60 bits per heavy atom. The molecular weight excluding hydrogens is 592 g/mol. The minimum atomic E-state index is -0.507. The summed E-state index contributed by atoms with van der Waals surface area (Å²) < 4.78 is 9.32. The second-order valence-corrected chi connectivity index (χ2v) is 14.0. The van der Waals surface area contributed by atoms with E-state index >= 15 is 0 Å². The summed E-state index contributed by atoms with van der Waals surface area (Å²) in [7, 11) is 1.74. The van der Waals surface area contributed by atoms with E-state index in [2.05, 4.69) is 57.1 Å². The number of aryl methyl sites for hydroxylation is 1. The maximum absolute atomic E-state index is 13.1. The number of nitrogens with one attached hydrogen (secondary N) is 2. The normalized spacial score (nSPS) is 23.3. The van der Waals surface area contributed by atoms with Gasteiger partial charge in [-0.05, 0) is 66.8 Å². The molecule has 4 heterocycles. The molecule has 12 heteroatoms. The van der Waals surface area contributed by atoms with Crippen LogP contribution >= 0.6 is 0 Å². The Morgan fingerprint density at radius 2 is 1.87 bits per heavy atom. The molecule has 3 aliphatic carbocycles. The van der Waals surface area contributed by atoms with Gasteiger partial charge in [-0.2, -0.15) is 10.5 Å². The zero-order valence-electron chi connectivity index (χ0n) is 26.5. The van der Waals surface area contributed by atoms with Gasteiger partial charge in [0.2, 0.25) is 0 Å². The van der Waals surface area contributed by atoms with Gasteiger partial charge in [0.25, 0.3) is 5.56 Å². The van der Waals surface area contributed by atoms with Crippen molar-refractivity contribution in [3.8, 4) is 12.1 Å². The largest absolute Gasteiger partial charge is 0.381 e. The molecule has 2 N–H and O–H groups in total. The van der Waals surface area contributed by atoms with Gasteiger partial charge in [0, 0.05) is 47.8 Å². The summed E-state index contributed by atoms with van der Waals surface area (Å²) in [6.45, 7) is 5.44. The Balaban J connectivity index is 1.27. The van der Waals surface area contributed by atoms with Gasteiger partial charge >= 0.3 is 0 Å². The van der Waals surface area contributed by atoms with Crippen LogP contribution in [-0.4, -0.2) is 49.0 Å². The first-order chi connectivity index (χ1) is 22.7. The number of rotatable bonds is 7. The molecule has 236 valence electrons. The Hall–Kier alpha value is -5.33. The maximum atomic E-state index is 13.1. The van der Waals surface area contributed by atoms with Crippen molar-refractivity contribution in [2.75, 3.05) is 23.8 Å². The third-order valence-electron chi connectivity index (χ3n) is 10.5. The molecule has 3 aromatic heterocycles. The third-order valence-corrected chi connectivity index (χ3v) is 10.5. The summed E-state index contributed by atoms with van der Waals surface area (Å²) in [5.74, 6) is 0.781. The molecule has 2 atom stereocenters. The summed E-state index contributed by atoms with van der Waals surface area (Å²) in [5, 5.41) is 47.4. The van der Waals surface area contributed by atoms with Crippen molar-refractivity contribution in [3.05, 3.63) is 81.7 Å². The van der Waals surface area contributed by atoms with Crippen molar-refractivity contribution in [2.45, 2.75) is 57.2 Å². The first-order valence-electron chi connectivity index (χ1n) is 16.0. The maximum Gasteiger partial charge on any atom is 0.258 e. The Labute approximate surface area is 271 Å². The van der Waals surface area contributed by atoms with Gasteiger partial charge in [-0.15, -0.1) is 15.3 Å². The molecule has 4 aliphatic rings. The number of anilines is 2. The van der Waals surface area contributed by atoms with Crippen LogP contribution in [0.2, 0.25) is 0 Å². The van der Waals surface area contributed by atoms with Crippen LogP contribution in [-0.2, 0) is 17.3 Å². The van der Waals surface area contributed by atoms with E-state index in [0.717, 1.165) is 42.6 Å². The van der Waals surface area contributed by atoms with E-state index in [1.54, 1.807) is 23.9 Å². The van der Waals surface area contributed by atoms with Crippen molar-refractivity contribution in [3.63, 3.8) is 0 Å². The van der Waals surface area contributed by atoms with Gasteiger partial charge in [0.1, 0.15) is 23.3 Å². The fourth-order valence-electron chi connectivity index (χ4n) is 7.56. The number of pyridine rings is 1. The van der Waals surface area contributed by atoms with E-state index in [1.165, 1.54) is 0 Å². The average molecular weight is 627 g/mol. The quantitative estimate of drug-likeness (QED) is 0.258. The van der Waals surface area contributed by atoms with Crippen molar-refractivity contribution in [1.29, 1.82) is 10.5 Å². The third kappa shape index (κ3) is 4.63. The Bertz CT molecular complexity index is 2210. The second kappa shape index (κ2) is 10.6. The Morgan fingerprint density at radius 1 is 1.04 bits per heavy atom. The molecule has 0 amide bonds. The number of hydrogen-bond acceptors (Lipinski definition) is 10. The highest BCUT2D eigenvalue weighted by atomic mass is 16.5. The summed E-state index contributed by atoms with van der Waals surface area (Å²) in [6, 6.07) is 15.3. The van der Waals surface area contributed by atoms with E-state index < -0.39 is 6.04 Å². The van der Waals surface area contributed by atoms with Crippen molar-refractivity contribution >= 4 is 33.1 Å². The molecular formula is C35H34N10O2. The molecule has 3 saturated carbocycles. The van der Waals surface area contributed by atoms with Gasteiger partial charge in [-0.3, -0.25) is 4.79 Å².